The first-order valence-electron chi connectivity index (χ1n) is 5.91. The van der Waals surface area contributed by atoms with Crippen LogP contribution in [-0.4, -0.2) is 36.6 Å². The van der Waals surface area contributed by atoms with Crippen molar-refractivity contribution in [2.24, 2.45) is 5.73 Å². The molecule has 2 rings (SSSR count). The first-order chi connectivity index (χ1) is 8.61. The van der Waals surface area contributed by atoms with Gasteiger partial charge >= 0.3 is 0 Å². The van der Waals surface area contributed by atoms with E-state index in [2.05, 4.69) is 0 Å². The van der Waals surface area contributed by atoms with Crippen LogP contribution in [0.25, 0.3) is 0 Å². The Kier molecular flexibility index (Phi) is 4.22. The van der Waals surface area contributed by atoms with Crippen molar-refractivity contribution >= 4 is 17.5 Å². The maximum absolute atomic E-state index is 11.4. The molecule has 1 aliphatic heterocycles. The molecule has 0 saturated carbocycles. The van der Waals surface area contributed by atoms with Gasteiger partial charge in [0.1, 0.15) is 0 Å². The van der Waals surface area contributed by atoms with Gasteiger partial charge in [-0.2, -0.15) is 0 Å². The first kappa shape index (κ1) is 13.3. The molecule has 1 aromatic rings. The number of amides is 1. The minimum Gasteiger partial charge on any atom is -0.380 e. The van der Waals surface area contributed by atoms with Gasteiger partial charge < -0.3 is 10.5 Å². The summed E-state index contributed by atoms with van der Waals surface area (Å²) in [6.07, 6.45) is 0.709. The van der Waals surface area contributed by atoms with E-state index in [9.17, 15) is 4.79 Å². The van der Waals surface area contributed by atoms with Crippen LogP contribution in [0.2, 0.25) is 5.02 Å². The summed E-state index contributed by atoms with van der Waals surface area (Å²) in [6.45, 7) is 1.32. The predicted molar refractivity (Wildman–Crippen MR) is 70.3 cm³/mol. The number of ether oxygens (including phenoxy) is 1. The number of rotatable bonds is 4. The molecule has 0 aliphatic carbocycles. The number of hydrogen-bond acceptors (Lipinski definition) is 3. The molecule has 1 aliphatic rings. The number of primary amides is 1. The molecule has 1 fully saturated rings. The smallest absolute Gasteiger partial charge is 0.234 e. The van der Waals surface area contributed by atoms with Gasteiger partial charge in [0.25, 0.3) is 0 Å². The lowest BCUT2D eigenvalue weighted by molar-refractivity contribution is -0.122. The summed E-state index contributed by atoms with van der Waals surface area (Å²) >= 11 is 6.13. The van der Waals surface area contributed by atoms with Crippen LogP contribution in [0, 0.1) is 0 Å². The van der Waals surface area contributed by atoms with E-state index in [4.69, 9.17) is 22.1 Å². The summed E-state index contributed by atoms with van der Waals surface area (Å²) in [5, 5.41) is 0.710. The van der Waals surface area contributed by atoms with Crippen molar-refractivity contribution in [3.63, 3.8) is 0 Å². The zero-order chi connectivity index (χ0) is 13.1. The molecule has 0 unspecified atom stereocenters. The van der Waals surface area contributed by atoms with E-state index in [0.29, 0.717) is 24.5 Å². The molecule has 5 heteroatoms. The van der Waals surface area contributed by atoms with E-state index in [1.165, 1.54) is 0 Å². The van der Waals surface area contributed by atoms with E-state index >= 15 is 0 Å². The highest BCUT2D eigenvalue weighted by atomic mass is 35.5. The quantitative estimate of drug-likeness (QED) is 0.898. The lowest BCUT2D eigenvalue weighted by Gasteiger charge is -2.22. The van der Waals surface area contributed by atoms with Gasteiger partial charge in [0.2, 0.25) is 5.91 Å². The van der Waals surface area contributed by atoms with Gasteiger partial charge in [-0.3, -0.25) is 9.69 Å². The Morgan fingerprint density at radius 1 is 1.56 bits per heavy atom. The largest absolute Gasteiger partial charge is 0.380 e. The third-order valence-electron chi connectivity index (χ3n) is 3.36. The maximum atomic E-state index is 11.4. The lowest BCUT2D eigenvalue weighted by atomic mass is 10.1. The van der Waals surface area contributed by atoms with Gasteiger partial charge in [0.05, 0.1) is 12.1 Å². The standard InChI is InChI=1S/C13H17ClN2O2/c1-18-10-6-12(13(15)17)16(8-10)7-9-4-2-3-5-11(9)14/h2-5,10,12H,6-8H2,1H3,(H2,15,17)/t10-,12-/m0/s1. The van der Waals surface area contributed by atoms with Gasteiger partial charge in [-0.25, -0.2) is 0 Å². The van der Waals surface area contributed by atoms with E-state index in [-0.39, 0.29) is 18.1 Å². The Bertz CT molecular complexity index is 439. The minimum absolute atomic E-state index is 0.0602. The van der Waals surface area contributed by atoms with Crippen LogP contribution in [0.5, 0.6) is 0 Å². The second kappa shape index (κ2) is 5.69. The van der Waals surface area contributed by atoms with Gasteiger partial charge in [-0.1, -0.05) is 29.8 Å². The molecule has 2 N–H and O–H groups in total. The second-order valence-electron chi connectivity index (χ2n) is 4.53. The molecule has 0 bridgehead atoms. The van der Waals surface area contributed by atoms with Gasteiger partial charge in [0.15, 0.2) is 0 Å². The van der Waals surface area contributed by atoms with Gasteiger partial charge in [0, 0.05) is 25.2 Å². The number of likely N-dealkylation sites (tertiary alicyclic amines) is 1. The van der Waals surface area contributed by atoms with Crippen LogP contribution in [0.1, 0.15) is 12.0 Å². The van der Waals surface area contributed by atoms with Gasteiger partial charge in [-0.05, 0) is 18.1 Å². The number of carbonyl (C=O) groups excluding carboxylic acids is 1. The Labute approximate surface area is 112 Å². The van der Waals surface area contributed by atoms with E-state index in [0.717, 1.165) is 5.56 Å². The zero-order valence-electron chi connectivity index (χ0n) is 10.3. The van der Waals surface area contributed by atoms with Crippen LogP contribution >= 0.6 is 11.6 Å². The highest BCUT2D eigenvalue weighted by Crippen LogP contribution is 2.24. The highest BCUT2D eigenvalue weighted by molar-refractivity contribution is 6.31. The number of benzene rings is 1. The molecule has 1 heterocycles. The van der Waals surface area contributed by atoms with E-state index < -0.39 is 0 Å². The van der Waals surface area contributed by atoms with Crippen LogP contribution in [0.3, 0.4) is 0 Å². The molecule has 0 radical (unpaired) electrons. The average Bonchev–Trinajstić information content (AvgIpc) is 2.75. The van der Waals surface area contributed by atoms with Crippen molar-refractivity contribution in [1.82, 2.24) is 4.90 Å². The fraction of sp³-hybridized carbons (Fsp3) is 0.462. The third kappa shape index (κ3) is 2.83. The molecule has 1 saturated heterocycles. The summed E-state index contributed by atoms with van der Waals surface area (Å²) in [5.41, 5.74) is 6.43. The van der Waals surface area contributed by atoms with Crippen molar-refractivity contribution in [2.45, 2.75) is 25.1 Å². The van der Waals surface area contributed by atoms with Crippen molar-refractivity contribution in [2.75, 3.05) is 13.7 Å². The van der Waals surface area contributed by atoms with E-state index in [1.807, 2.05) is 29.2 Å². The summed E-state index contributed by atoms with van der Waals surface area (Å²) < 4.78 is 5.31. The minimum atomic E-state index is -0.304. The monoisotopic (exact) mass is 268 g/mol. The highest BCUT2D eigenvalue weighted by Gasteiger charge is 2.35. The maximum Gasteiger partial charge on any atom is 0.234 e. The van der Waals surface area contributed by atoms with Gasteiger partial charge in [-0.15, -0.1) is 0 Å². The topological polar surface area (TPSA) is 55.6 Å². The molecule has 1 aromatic carbocycles. The number of carbonyl (C=O) groups is 1. The first-order valence-corrected chi connectivity index (χ1v) is 6.29. The average molecular weight is 269 g/mol. The Morgan fingerprint density at radius 3 is 2.89 bits per heavy atom. The van der Waals surface area contributed by atoms with Crippen molar-refractivity contribution in [1.29, 1.82) is 0 Å². The second-order valence-corrected chi connectivity index (χ2v) is 4.94. The number of nitrogens with two attached hydrogens (primary N) is 1. The van der Waals surface area contributed by atoms with Crippen LogP contribution in [-0.2, 0) is 16.1 Å². The molecule has 2 atom stereocenters. The molecular weight excluding hydrogens is 252 g/mol. The fourth-order valence-electron chi connectivity index (χ4n) is 2.35. The normalized spacial score (nSPS) is 24.3. The molecule has 98 valence electrons. The fourth-order valence-corrected chi connectivity index (χ4v) is 2.54. The molecule has 0 aromatic heterocycles. The molecule has 18 heavy (non-hydrogen) atoms. The van der Waals surface area contributed by atoms with Crippen LogP contribution in [0.15, 0.2) is 24.3 Å². The Hall–Kier alpha value is -1.10. The SMILES string of the molecule is CO[C@H]1C[C@@H](C(N)=O)N(Cc2ccccc2Cl)C1. The third-order valence-corrected chi connectivity index (χ3v) is 3.73. The molecule has 4 nitrogen and oxygen atoms in total. The summed E-state index contributed by atoms with van der Waals surface area (Å²) in [5.74, 6) is -0.304. The number of halogens is 1. The summed E-state index contributed by atoms with van der Waals surface area (Å²) in [7, 11) is 1.65. The molecular formula is C13H17ClN2O2. The van der Waals surface area contributed by atoms with Crippen molar-refractivity contribution < 1.29 is 9.53 Å². The molecule has 1 amide bonds. The predicted octanol–water partition coefficient (Wildman–Crippen LogP) is 1.41. The van der Waals surface area contributed by atoms with Crippen molar-refractivity contribution in [3.05, 3.63) is 34.9 Å². The number of nitrogens with zero attached hydrogens (tertiary/aromatic N) is 1. The summed E-state index contributed by atoms with van der Waals surface area (Å²) in [4.78, 5) is 13.5. The Balaban J connectivity index is 2.12. The summed E-state index contributed by atoms with van der Waals surface area (Å²) in [6, 6.07) is 7.36. The van der Waals surface area contributed by atoms with Crippen LogP contribution < -0.4 is 5.73 Å². The lowest BCUT2D eigenvalue weighted by Crippen LogP contribution is -2.39. The Morgan fingerprint density at radius 2 is 2.28 bits per heavy atom. The van der Waals surface area contributed by atoms with E-state index in [1.54, 1.807) is 7.11 Å². The van der Waals surface area contributed by atoms with Crippen molar-refractivity contribution in [3.8, 4) is 0 Å². The molecule has 0 spiro atoms. The zero-order valence-corrected chi connectivity index (χ0v) is 11.1. The van der Waals surface area contributed by atoms with Crippen LogP contribution in [0.4, 0.5) is 0 Å². The number of methoxy groups -OCH3 is 1. The number of hydrogen-bond donors (Lipinski definition) is 1.